The molecule has 4 aromatic rings. The molecule has 0 aliphatic rings. The fourth-order valence-electron chi connectivity index (χ4n) is 3.51. The highest BCUT2D eigenvalue weighted by Crippen LogP contribution is 2.51. The van der Waals surface area contributed by atoms with Crippen molar-refractivity contribution in [2.45, 2.75) is 5.78 Å². The minimum absolute atomic E-state index is 0.109. The number of ether oxygens (including phenoxy) is 2. The van der Waals surface area contributed by atoms with Crippen LogP contribution in [0.25, 0.3) is 0 Å². The first-order chi connectivity index (χ1) is 15.8. The number of carbonyl (C=O) groups excluding carboxylic acids is 1. The topological polar surface area (TPSA) is 63.4 Å². The predicted molar refractivity (Wildman–Crippen MR) is 130 cm³/mol. The Morgan fingerprint density at radius 3 is 2.09 bits per heavy atom. The normalized spacial score (nSPS) is 11.7. The van der Waals surface area contributed by atoms with Crippen LogP contribution >= 0.6 is 7.92 Å². The summed E-state index contributed by atoms with van der Waals surface area (Å²) in [4.78, 5) is 15.0. The maximum atomic E-state index is 11.7. The molecule has 0 fully saturated rings. The molecule has 32 heavy (non-hydrogen) atoms. The molecule has 0 saturated carbocycles. The number of aromatic amines is 1. The molecule has 1 unspecified atom stereocenters. The van der Waals surface area contributed by atoms with E-state index in [0.29, 0.717) is 5.75 Å². The molecule has 3 aromatic carbocycles. The third kappa shape index (κ3) is 5.19. The molecule has 0 aliphatic carbocycles. The molecular formula is C26H25N2O3P. The largest absolute Gasteiger partial charge is 0.482 e. The standard InChI is InChI=1S/C26H25N2O3P/c1-30-25(29)19-31-23-16-9-8-15-22(23)26(28-24-17-10-18-27-24)32(20-11-4-2-5-12-20)21-13-6-3-7-14-21/h2-18,26-28H,19H2,1H3. The Morgan fingerprint density at radius 2 is 1.50 bits per heavy atom. The van der Waals surface area contributed by atoms with Crippen LogP contribution in [0.2, 0.25) is 0 Å². The molecular weight excluding hydrogens is 419 g/mol. The number of methoxy groups -OCH3 is 1. The van der Waals surface area contributed by atoms with Crippen LogP contribution in [-0.4, -0.2) is 24.7 Å². The van der Waals surface area contributed by atoms with E-state index in [4.69, 9.17) is 9.47 Å². The Hall–Kier alpha value is -3.56. The van der Waals surface area contributed by atoms with Crippen LogP contribution < -0.4 is 20.7 Å². The van der Waals surface area contributed by atoms with Gasteiger partial charge in [-0.15, -0.1) is 0 Å². The van der Waals surface area contributed by atoms with Crippen LogP contribution in [0.4, 0.5) is 5.82 Å². The van der Waals surface area contributed by atoms with Gasteiger partial charge in [-0.2, -0.15) is 0 Å². The number of para-hydroxylation sites is 1. The highest BCUT2D eigenvalue weighted by Gasteiger charge is 2.29. The maximum Gasteiger partial charge on any atom is 0.343 e. The van der Waals surface area contributed by atoms with E-state index < -0.39 is 13.9 Å². The number of esters is 1. The second-order valence-electron chi connectivity index (χ2n) is 7.07. The summed E-state index contributed by atoms with van der Waals surface area (Å²) in [6, 6.07) is 32.8. The molecule has 0 bridgehead atoms. The van der Waals surface area contributed by atoms with Crippen molar-refractivity contribution in [1.29, 1.82) is 0 Å². The summed E-state index contributed by atoms with van der Waals surface area (Å²) in [5, 5.41) is 6.16. The molecule has 0 radical (unpaired) electrons. The second kappa shape index (κ2) is 10.7. The summed E-state index contributed by atoms with van der Waals surface area (Å²) in [5.41, 5.74) is 0.977. The third-order valence-electron chi connectivity index (χ3n) is 5.00. The molecule has 2 N–H and O–H groups in total. The lowest BCUT2D eigenvalue weighted by molar-refractivity contribution is -0.142. The van der Waals surface area contributed by atoms with Gasteiger partial charge in [-0.05, 0) is 36.7 Å². The zero-order chi connectivity index (χ0) is 22.2. The summed E-state index contributed by atoms with van der Waals surface area (Å²) < 4.78 is 10.7. The first kappa shape index (κ1) is 21.7. The average Bonchev–Trinajstić information content (AvgIpc) is 3.37. The minimum Gasteiger partial charge on any atom is -0.482 e. The van der Waals surface area contributed by atoms with Crippen molar-refractivity contribution in [2.75, 3.05) is 19.0 Å². The van der Waals surface area contributed by atoms with Gasteiger partial charge in [0.05, 0.1) is 12.9 Å². The van der Waals surface area contributed by atoms with E-state index in [9.17, 15) is 4.79 Å². The lowest BCUT2D eigenvalue weighted by Crippen LogP contribution is -2.23. The third-order valence-corrected chi connectivity index (χ3v) is 7.64. The number of H-pyrrole nitrogens is 1. The summed E-state index contributed by atoms with van der Waals surface area (Å²) in [5.74, 6) is 1.04. The van der Waals surface area contributed by atoms with E-state index >= 15 is 0 Å². The van der Waals surface area contributed by atoms with Gasteiger partial charge in [0.2, 0.25) is 0 Å². The number of aromatic nitrogens is 1. The summed E-state index contributed by atoms with van der Waals surface area (Å²) in [7, 11) is 0.490. The zero-order valence-corrected chi connectivity index (χ0v) is 18.7. The highest BCUT2D eigenvalue weighted by molar-refractivity contribution is 7.73. The van der Waals surface area contributed by atoms with E-state index in [1.54, 1.807) is 0 Å². The van der Waals surface area contributed by atoms with Crippen LogP contribution in [0.5, 0.6) is 5.75 Å². The number of rotatable bonds is 9. The summed E-state index contributed by atoms with van der Waals surface area (Å²) in [6.45, 7) is -0.142. The number of nitrogens with one attached hydrogen (secondary N) is 2. The van der Waals surface area contributed by atoms with Gasteiger partial charge >= 0.3 is 5.97 Å². The van der Waals surface area contributed by atoms with Crippen LogP contribution in [0.15, 0.2) is 103 Å². The Bertz CT molecular complexity index is 1080. The number of carbonyl (C=O) groups is 1. The van der Waals surface area contributed by atoms with Crippen molar-refractivity contribution in [2.24, 2.45) is 0 Å². The summed E-state index contributed by atoms with van der Waals surface area (Å²) >= 11 is 0. The SMILES string of the molecule is COC(=O)COc1ccccc1C(Nc1ccc[nH]1)P(c1ccccc1)c1ccccc1. The number of hydrogen-bond acceptors (Lipinski definition) is 4. The Balaban J connectivity index is 1.82. The quantitative estimate of drug-likeness (QED) is 0.287. The molecule has 6 heteroatoms. The van der Waals surface area contributed by atoms with E-state index in [1.807, 2.05) is 48.7 Å². The highest BCUT2D eigenvalue weighted by atomic mass is 31.1. The van der Waals surface area contributed by atoms with E-state index in [-0.39, 0.29) is 12.4 Å². The maximum absolute atomic E-state index is 11.7. The summed E-state index contributed by atoms with van der Waals surface area (Å²) in [6.07, 6.45) is 1.90. The van der Waals surface area contributed by atoms with Gasteiger partial charge in [0.1, 0.15) is 11.6 Å². The van der Waals surface area contributed by atoms with E-state index in [2.05, 4.69) is 64.9 Å². The zero-order valence-electron chi connectivity index (χ0n) is 17.8. The Morgan fingerprint density at radius 1 is 0.875 bits per heavy atom. The van der Waals surface area contributed by atoms with E-state index in [1.165, 1.54) is 17.7 Å². The van der Waals surface area contributed by atoms with Crippen molar-refractivity contribution in [3.63, 3.8) is 0 Å². The fraction of sp³-hybridized carbons (Fsp3) is 0.115. The van der Waals surface area contributed by atoms with Gasteiger partial charge in [-0.25, -0.2) is 4.79 Å². The molecule has 1 aromatic heterocycles. The Kier molecular flexibility index (Phi) is 7.21. The minimum atomic E-state index is -0.869. The lowest BCUT2D eigenvalue weighted by Gasteiger charge is -2.31. The van der Waals surface area contributed by atoms with Crippen molar-refractivity contribution in [3.8, 4) is 5.75 Å². The van der Waals surface area contributed by atoms with Gasteiger partial charge in [0.15, 0.2) is 6.61 Å². The van der Waals surface area contributed by atoms with Crippen LogP contribution in [0.1, 0.15) is 11.3 Å². The molecule has 1 atom stereocenters. The molecule has 162 valence electrons. The monoisotopic (exact) mass is 444 g/mol. The van der Waals surface area contributed by atoms with Crippen molar-refractivity contribution >= 4 is 30.3 Å². The first-order valence-electron chi connectivity index (χ1n) is 10.3. The van der Waals surface area contributed by atoms with Crippen molar-refractivity contribution < 1.29 is 14.3 Å². The van der Waals surface area contributed by atoms with Gasteiger partial charge < -0.3 is 19.8 Å². The van der Waals surface area contributed by atoms with Crippen LogP contribution in [0, 0.1) is 0 Å². The molecule has 0 amide bonds. The molecule has 0 aliphatic heterocycles. The van der Waals surface area contributed by atoms with Gasteiger partial charge in [0, 0.05) is 11.8 Å². The number of hydrogen-bond donors (Lipinski definition) is 2. The molecule has 5 nitrogen and oxygen atoms in total. The van der Waals surface area contributed by atoms with Crippen LogP contribution in [-0.2, 0) is 9.53 Å². The molecule has 0 saturated heterocycles. The van der Waals surface area contributed by atoms with Gasteiger partial charge in [0.25, 0.3) is 0 Å². The predicted octanol–water partition coefficient (Wildman–Crippen LogP) is 4.81. The smallest absolute Gasteiger partial charge is 0.343 e. The lowest BCUT2D eigenvalue weighted by atomic mass is 10.2. The van der Waals surface area contributed by atoms with Gasteiger partial charge in [-0.1, -0.05) is 78.9 Å². The number of anilines is 1. The number of benzene rings is 3. The van der Waals surface area contributed by atoms with Crippen molar-refractivity contribution in [1.82, 2.24) is 4.98 Å². The average molecular weight is 444 g/mol. The molecule has 4 rings (SSSR count). The fourth-order valence-corrected chi connectivity index (χ4v) is 6.15. The molecule has 0 spiro atoms. The van der Waals surface area contributed by atoms with Gasteiger partial charge in [-0.3, -0.25) is 0 Å². The Labute approximate surface area is 189 Å². The first-order valence-corrected chi connectivity index (χ1v) is 11.7. The second-order valence-corrected chi connectivity index (χ2v) is 9.36. The van der Waals surface area contributed by atoms with Crippen LogP contribution in [0.3, 0.4) is 0 Å². The van der Waals surface area contributed by atoms with Crippen molar-refractivity contribution in [3.05, 3.63) is 109 Å². The van der Waals surface area contributed by atoms with E-state index in [0.717, 1.165) is 11.4 Å². The molecule has 1 heterocycles.